The zero-order valence-electron chi connectivity index (χ0n) is 20.0. The number of rotatable bonds is 10. The van der Waals surface area contributed by atoms with Crippen LogP contribution in [-0.4, -0.2) is 62.6 Å². The maximum atomic E-state index is 13.2. The number of ether oxygens (including phenoxy) is 1. The molecule has 0 amide bonds. The largest absolute Gasteiger partial charge is 0.383 e. The first kappa shape index (κ1) is 23.7. The maximum Gasteiger partial charge on any atom is 0.196 e. The number of likely N-dealkylation sites (tertiary alicyclic amines) is 1. The quantitative estimate of drug-likeness (QED) is 0.324. The van der Waals surface area contributed by atoms with E-state index in [1.54, 1.807) is 7.11 Å². The van der Waals surface area contributed by atoms with Crippen LogP contribution < -0.4 is 0 Å². The van der Waals surface area contributed by atoms with Crippen molar-refractivity contribution in [3.05, 3.63) is 59.2 Å². The van der Waals surface area contributed by atoms with Crippen molar-refractivity contribution in [2.75, 3.05) is 32.6 Å². The van der Waals surface area contributed by atoms with Crippen LogP contribution in [0, 0.1) is 13.8 Å². The number of carbonyl (C=O) groups is 1. The van der Waals surface area contributed by atoms with E-state index in [0.29, 0.717) is 12.4 Å². The van der Waals surface area contributed by atoms with E-state index >= 15 is 0 Å². The van der Waals surface area contributed by atoms with Crippen LogP contribution in [-0.2, 0) is 11.3 Å². The summed E-state index contributed by atoms with van der Waals surface area (Å²) in [6.07, 6.45) is 2.47. The number of carbonyl (C=O) groups excluding carboxylic acids is 1. The van der Waals surface area contributed by atoms with Crippen molar-refractivity contribution in [3.63, 3.8) is 0 Å². The van der Waals surface area contributed by atoms with Crippen LogP contribution in [0.25, 0.3) is 5.69 Å². The Bertz CT molecular complexity index is 1090. The number of Topliss-reactive ketones (excluding diaryl/α,β-unsaturated/α-hetero) is 1. The summed E-state index contributed by atoms with van der Waals surface area (Å²) in [4.78, 5) is 15.6. The third-order valence-electron chi connectivity index (χ3n) is 6.24. The molecule has 0 N–H and O–H groups in total. The lowest BCUT2D eigenvalue weighted by Gasteiger charge is -2.17. The molecule has 176 valence electrons. The Balaban J connectivity index is 1.54. The number of aromatic nitrogens is 4. The molecule has 7 nitrogen and oxygen atoms in total. The fourth-order valence-electron chi connectivity index (χ4n) is 4.73. The lowest BCUT2D eigenvalue weighted by atomic mass is 10.2. The summed E-state index contributed by atoms with van der Waals surface area (Å²) < 4.78 is 9.60. The van der Waals surface area contributed by atoms with Crippen LogP contribution in [0.5, 0.6) is 0 Å². The summed E-state index contributed by atoms with van der Waals surface area (Å²) in [5.41, 5.74) is 3.86. The third-order valence-corrected chi connectivity index (χ3v) is 7.17. The van der Waals surface area contributed by atoms with Gasteiger partial charge in [0.2, 0.25) is 0 Å². The van der Waals surface area contributed by atoms with Gasteiger partial charge in [-0.2, -0.15) is 0 Å². The molecule has 4 rings (SSSR count). The number of nitrogens with zero attached hydrogens (tertiary/aromatic N) is 5. The van der Waals surface area contributed by atoms with Crippen molar-refractivity contribution in [3.8, 4) is 5.69 Å². The van der Waals surface area contributed by atoms with Crippen LogP contribution >= 0.6 is 11.8 Å². The van der Waals surface area contributed by atoms with E-state index in [2.05, 4.69) is 43.3 Å². The average molecular weight is 468 g/mol. The van der Waals surface area contributed by atoms with Crippen LogP contribution in [0.2, 0.25) is 0 Å². The first-order valence-electron chi connectivity index (χ1n) is 11.5. The average Bonchev–Trinajstić information content (AvgIpc) is 3.53. The number of hydrogen-bond donors (Lipinski definition) is 0. The fourth-order valence-corrected chi connectivity index (χ4v) is 5.59. The molecular formula is C25H33N5O2S. The van der Waals surface area contributed by atoms with Crippen molar-refractivity contribution in [1.29, 1.82) is 0 Å². The van der Waals surface area contributed by atoms with E-state index in [9.17, 15) is 4.79 Å². The van der Waals surface area contributed by atoms with Gasteiger partial charge in [0.15, 0.2) is 16.8 Å². The molecule has 0 spiro atoms. The number of para-hydroxylation sites is 1. The highest BCUT2D eigenvalue weighted by Gasteiger charge is 2.22. The Morgan fingerprint density at radius 3 is 2.58 bits per heavy atom. The molecule has 1 saturated heterocycles. The summed E-state index contributed by atoms with van der Waals surface area (Å²) in [5.74, 6) is 1.34. The molecule has 0 bridgehead atoms. The van der Waals surface area contributed by atoms with E-state index < -0.39 is 0 Å². The van der Waals surface area contributed by atoms with Gasteiger partial charge in [0.25, 0.3) is 0 Å². The summed E-state index contributed by atoms with van der Waals surface area (Å²) in [7, 11) is 1.70. The Labute approximate surface area is 200 Å². The van der Waals surface area contributed by atoms with Gasteiger partial charge in [0.1, 0.15) is 0 Å². The van der Waals surface area contributed by atoms with Gasteiger partial charge < -0.3 is 9.30 Å². The van der Waals surface area contributed by atoms with Crippen LogP contribution in [0.4, 0.5) is 0 Å². The molecule has 8 heteroatoms. The van der Waals surface area contributed by atoms with Crippen molar-refractivity contribution in [2.24, 2.45) is 0 Å². The van der Waals surface area contributed by atoms with Gasteiger partial charge in [0.05, 0.1) is 24.9 Å². The topological polar surface area (TPSA) is 65.2 Å². The standard InChI is InChI=1S/C25H33N5O2S/c1-18-14-22(20(3)29(18)19(2)16-32-4)23(31)17-33-25-27-26-24(15-28-12-8-9-13-28)30(25)21-10-6-5-7-11-21/h5-7,10-11,14,19H,8-9,12-13,15-17H2,1-4H3. The lowest BCUT2D eigenvalue weighted by molar-refractivity contribution is 0.102. The first-order chi connectivity index (χ1) is 16.0. The number of hydrogen-bond acceptors (Lipinski definition) is 6. The SMILES string of the molecule is COCC(C)n1c(C)cc(C(=O)CSc2nnc(CN3CCCC3)n2-c2ccccc2)c1C. The molecule has 0 radical (unpaired) electrons. The molecule has 1 aliphatic heterocycles. The second-order valence-corrected chi connectivity index (χ2v) is 9.67. The van der Waals surface area contributed by atoms with Gasteiger partial charge in [-0.1, -0.05) is 30.0 Å². The minimum atomic E-state index is 0.104. The molecule has 0 aliphatic carbocycles. The molecule has 3 aromatic rings. The summed E-state index contributed by atoms with van der Waals surface area (Å²) in [6.45, 7) is 9.74. The van der Waals surface area contributed by atoms with E-state index in [4.69, 9.17) is 4.74 Å². The minimum absolute atomic E-state index is 0.104. The first-order valence-corrected chi connectivity index (χ1v) is 12.5. The number of ketones is 1. The van der Waals surface area contributed by atoms with Gasteiger partial charge in [-0.05, 0) is 64.9 Å². The van der Waals surface area contributed by atoms with E-state index in [-0.39, 0.29) is 11.8 Å². The molecule has 3 heterocycles. The molecule has 1 aliphatic rings. The van der Waals surface area contributed by atoms with Crippen molar-refractivity contribution in [2.45, 2.75) is 51.4 Å². The van der Waals surface area contributed by atoms with Crippen molar-refractivity contribution in [1.82, 2.24) is 24.2 Å². The Kier molecular flexibility index (Phi) is 7.67. The highest BCUT2D eigenvalue weighted by Crippen LogP contribution is 2.26. The smallest absolute Gasteiger partial charge is 0.196 e. The molecule has 1 aromatic carbocycles. The number of methoxy groups -OCH3 is 1. The summed E-state index contributed by atoms with van der Waals surface area (Å²) >= 11 is 1.45. The lowest BCUT2D eigenvalue weighted by Crippen LogP contribution is -2.21. The van der Waals surface area contributed by atoms with E-state index in [1.807, 2.05) is 38.1 Å². The minimum Gasteiger partial charge on any atom is -0.383 e. The molecule has 1 atom stereocenters. The summed E-state index contributed by atoms with van der Waals surface area (Å²) in [6, 6.07) is 12.3. The van der Waals surface area contributed by atoms with E-state index in [1.165, 1.54) is 24.6 Å². The zero-order chi connectivity index (χ0) is 23.4. The van der Waals surface area contributed by atoms with Gasteiger partial charge in [-0.3, -0.25) is 14.3 Å². The second kappa shape index (κ2) is 10.7. The predicted octanol–water partition coefficient (Wildman–Crippen LogP) is 4.46. The fraction of sp³-hybridized carbons (Fsp3) is 0.480. The zero-order valence-corrected chi connectivity index (χ0v) is 20.8. The van der Waals surface area contributed by atoms with E-state index in [0.717, 1.165) is 53.3 Å². The molecule has 33 heavy (non-hydrogen) atoms. The van der Waals surface area contributed by atoms with Crippen molar-refractivity contribution >= 4 is 17.5 Å². The highest BCUT2D eigenvalue weighted by atomic mass is 32.2. The van der Waals surface area contributed by atoms with Crippen LogP contribution in [0.1, 0.15) is 53.4 Å². The Morgan fingerprint density at radius 2 is 1.88 bits per heavy atom. The Hall–Kier alpha value is -2.42. The van der Waals surface area contributed by atoms with Gasteiger partial charge in [0, 0.05) is 29.7 Å². The monoisotopic (exact) mass is 467 g/mol. The van der Waals surface area contributed by atoms with Gasteiger partial charge in [-0.15, -0.1) is 10.2 Å². The Morgan fingerprint density at radius 1 is 1.15 bits per heavy atom. The predicted molar refractivity (Wildman–Crippen MR) is 131 cm³/mol. The van der Waals surface area contributed by atoms with Crippen molar-refractivity contribution < 1.29 is 9.53 Å². The number of benzene rings is 1. The molecular weight excluding hydrogens is 434 g/mol. The normalized spacial score (nSPS) is 15.3. The van der Waals surface area contributed by atoms with Gasteiger partial charge >= 0.3 is 0 Å². The molecule has 1 fully saturated rings. The maximum absolute atomic E-state index is 13.2. The number of thioether (sulfide) groups is 1. The summed E-state index contributed by atoms with van der Waals surface area (Å²) in [5, 5.41) is 9.74. The number of aryl methyl sites for hydroxylation is 1. The highest BCUT2D eigenvalue weighted by molar-refractivity contribution is 7.99. The van der Waals surface area contributed by atoms with Gasteiger partial charge in [-0.25, -0.2) is 0 Å². The van der Waals surface area contributed by atoms with Crippen LogP contribution in [0.3, 0.4) is 0 Å². The second-order valence-electron chi connectivity index (χ2n) is 8.72. The van der Waals surface area contributed by atoms with Crippen LogP contribution in [0.15, 0.2) is 41.6 Å². The molecule has 0 saturated carbocycles. The molecule has 1 unspecified atom stereocenters. The molecule has 2 aromatic heterocycles. The third kappa shape index (κ3) is 5.23.